The van der Waals surface area contributed by atoms with Crippen LogP contribution in [0, 0.1) is 0 Å². The van der Waals surface area contributed by atoms with Gasteiger partial charge in [-0.2, -0.15) is 0 Å². The lowest BCUT2D eigenvalue weighted by Gasteiger charge is -2.09. The van der Waals surface area contributed by atoms with Crippen molar-refractivity contribution in [3.63, 3.8) is 0 Å². The zero-order valence-corrected chi connectivity index (χ0v) is 13.3. The molecule has 1 heterocycles. The quantitative estimate of drug-likeness (QED) is 0.828. The molecule has 0 saturated carbocycles. The lowest BCUT2D eigenvalue weighted by atomic mass is 10.2. The van der Waals surface area contributed by atoms with Crippen LogP contribution in [0.25, 0.3) is 0 Å². The Labute approximate surface area is 129 Å². The molecule has 100 valence electrons. The van der Waals surface area contributed by atoms with E-state index in [-0.39, 0.29) is 5.91 Å². The number of hydrogen-bond donors (Lipinski definition) is 2. The molecule has 0 aliphatic heterocycles. The summed E-state index contributed by atoms with van der Waals surface area (Å²) in [4.78, 5) is 12.2. The van der Waals surface area contributed by atoms with Crippen LogP contribution in [0.5, 0.6) is 0 Å². The fraction of sp³-hybridized carbons (Fsp3) is 0.154. The van der Waals surface area contributed by atoms with E-state index in [0.717, 1.165) is 16.7 Å². The van der Waals surface area contributed by atoms with E-state index in [1.807, 2.05) is 17.5 Å². The van der Waals surface area contributed by atoms with Gasteiger partial charge in [0.25, 0.3) is 0 Å². The van der Waals surface area contributed by atoms with Gasteiger partial charge in [-0.1, -0.05) is 11.6 Å². The third-order valence-corrected chi connectivity index (χ3v) is 4.66. The summed E-state index contributed by atoms with van der Waals surface area (Å²) < 4.78 is 1.10. The first-order valence-corrected chi connectivity index (χ1v) is 7.64. The summed E-state index contributed by atoms with van der Waals surface area (Å²) in [7, 11) is 0. The maximum atomic E-state index is 11.0. The van der Waals surface area contributed by atoms with Crippen molar-refractivity contribution in [3.8, 4) is 0 Å². The number of hydrogen-bond acceptors (Lipinski definition) is 3. The predicted molar refractivity (Wildman–Crippen MR) is 85.1 cm³/mol. The van der Waals surface area contributed by atoms with E-state index in [9.17, 15) is 4.79 Å². The van der Waals surface area contributed by atoms with Gasteiger partial charge in [0, 0.05) is 22.0 Å². The van der Waals surface area contributed by atoms with Crippen LogP contribution in [0.1, 0.15) is 11.8 Å². The van der Waals surface area contributed by atoms with Gasteiger partial charge in [-0.05, 0) is 45.6 Å². The van der Waals surface area contributed by atoms with Gasteiger partial charge in [-0.25, -0.2) is 0 Å². The fourth-order valence-corrected chi connectivity index (χ4v) is 3.21. The number of halogens is 2. The summed E-state index contributed by atoms with van der Waals surface area (Å²) >= 11 is 11.3. The van der Waals surface area contributed by atoms with Crippen molar-refractivity contribution in [1.29, 1.82) is 0 Å². The molecule has 0 aliphatic rings. The number of rotatable bonds is 4. The van der Waals surface area contributed by atoms with E-state index < -0.39 is 0 Å². The van der Waals surface area contributed by atoms with Crippen LogP contribution in [0.3, 0.4) is 0 Å². The Kier molecular flexibility index (Phi) is 4.85. The maximum Gasteiger partial charge on any atom is 0.221 e. The van der Waals surface area contributed by atoms with Gasteiger partial charge in [-0.15, -0.1) is 11.3 Å². The van der Waals surface area contributed by atoms with Gasteiger partial charge in [-0.3, -0.25) is 4.79 Å². The molecule has 6 heteroatoms. The van der Waals surface area contributed by atoms with Gasteiger partial charge >= 0.3 is 0 Å². The molecule has 0 aliphatic carbocycles. The highest BCUT2D eigenvalue weighted by molar-refractivity contribution is 9.10. The van der Waals surface area contributed by atoms with Crippen LogP contribution in [-0.4, -0.2) is 5.91 Å². The molecule has 1 aromatic heterocycles. The molecular formula is C13H12BrClN2OS. The number of benzene rings is 1. The number of thiophene rings is 1. The zero-order valence-electron chi connectivity index (χ0n) is 10.2. The molecule has 1 aromatic carbocycles. The highest BCUT2D eigenvalue weighted by Gasteiger charge is 2.05. The average molecular weight is 360 g/mol. The molecule has 0 atom stereocenters. The van der Waals surface area contributed by atoms with Crippen LogP contribution in [-0.2, 0) is 11.3 Å². The van der Waals surface area contributed by atoms with Gasteiger partial charge < -0.3 is 10.6 Å². The van der Waals surface area contributed by atoms with Crippen LogP contribution in [0.4, 0.5) is 11.4 Å². The summed E-state index contributed by atoms with van der Waals surface area (Å²) in [6.45, 7) is 2.19. The summed E-state index contributed by atoms with van der Waals surface area (Å²) in [5, 5.41) is 8.52. The van der Waals surface area contributed by atoms with Gasteiger partial charge in [0.15, 0.2) is 0 Å². The third kappa shape index (κ3) is 3.96. The van der Waals surface area contributed by atoms with Crippen molar-refractivity contribution in [2.45, 2.75) is 13.5 Å². The van der Waals surface area contributed by atoms with Gasteiger partial charge in [0.2, 0.25) is 5.91 Å². The molecule has 0 saturated heterocycles. The monoisotopic (exact) mass is 358 g/mol. The average Bonchev–Trinajstić information content (AvgIpc) is 2.75. The number of carbonyl (C=O) groups is 1. The van der Waals surface area contributed by atoms with E-state index in [4.69, 9.17) is 11.6 Å². The smallest absolute Gasteiger partial charge is 0.221 e. The second-order valence-corrected chi connectivity index (χ2v) is 6.18. The lowest BCUT2D eigenvalue weighted by molar-refractivity contribution is -0.114. The summed E-state index contributed by atoms with van der Waals surface area (Å²) in [6, 6.07) is 7.50. The van der Waals surface area contributed by atoms with Gasteiger partial charge in [0.05, 0.1) is 17.3 Å². The molecule has 2 N–H and O–H groups in total. The number of nitrogens with one attached hydrogen (secondary N) is 2. The third-order valence-electron chi connectivity index (χ3n) is 2.42. The minimum Gasteiger partial charge on any atom is -0.380 e. The van der Waals surface area contributed by atoms with Crippen LogP contribution in [0.15, 0.2) is 34.1 Å². The van der Waals surface area contributed by atoms with E-state index in [1.165, 1.54) is 11.8 Å². The van der Waals surface area contributed by atoms with E-state index in [0.29, 0.717) is 10.7 Å². The molecule has 0 bridgehead atoms. The summed E-state index contributed by atoms with van der Waals surface area (Å²) in [5.74, 6) is -0.134. The SMILES string of the molecule is CC(=O)Nc1ccc(NCc2sccc2Br)cc1Cl. The molecule has 0 unspecified atom stereocenters. The fourth-order valence-electron chi connectivity index (χ4n) is 1.55. The van der Waals surface area contributed by atoms with E-state index >= 15 is 0 Å². The molecule has 19 heavy (non-hydrogen) atoms. The predicted octanol–water partition coefficient (Wildman–Crippen LogP) is 4.73. The molecule has 0 fully saturated rings. The Morgan fingerprint density at radius 2 is 2.21 bits per heavy atom. The lowest BCUT2D eigenvalue weighted by Crippen LogP contribution is -2.06. The zero-order chi connectivity index (χ0) is 13.8. The summed E-state index contributed by atoms with van der Waals surface area (Å²) in [6.07, 6.45) is 0. The van der Waals surface area contributed by atoms with Crippen LogP contribution >= 0.6 is 38.9 Å². The second-order valence-electron chi connectivity index (χ2n) is 3.92. The molecule has 2 rings (SSSR count). The molecular weight excluding hydrogens is 348 g/mol. The molecule has 0 spiro atoms. The maximum absolute atomic E-state index is 11.0. The number of carbonyl (C=O) groups excluding carboxylic acids is 1. The summed E-state index contributed by atoms with van der Waals surface area (Å²) in [5.41, 5.74) is 1.54. The van der Waals surface area contributed by atoms with Gasteiger partial charge in [0.1, 0.15) is 0 Å². The van der Waals surface area contributed by atoms with E-state index in [1.54, 1.807) is 23.5 Å². The van der Waals surface area contributed by atoms with Crippen molar-refractivity contribution in [2.24, 2.45) is 0 Å². The van der Waals surface area contributed by atoms with Crippen molar-refractivity contribution in [3.05, 3.63) is 44.0 Å². The number of amides is 1. The second kappa shape index (κ2) is 6.41. The minimum atomic E-state index is -0.134. The largest absolute Gasteiger partial charge is 0.380 e. The Morgan fingerprint density at radius 3 is 2.79 bits per heavy atom. The van der Waals surface area contributed by atoms with Crippen molar-refractivity contribution >= 4 is 56.1 Å². The first-order chi connectivity index (χ1) is 9.06. The Balaban J connectivity index is 2.04. The van der Waals surface area contributed by atoms with Crippen LogP contribution in [0.2, 0.25) is 5.02 Å². The minimum absolute atomic E-state index is 0.134. The van der Waals surface area contributed by atoms with Crippen molar-refractivity contribution < 1.29 is 4.79 Å². The Hall–Kier alpha value is -1.04. The topological polar surface area (TPSA) is 41.1 Å². The van der Waals surface area contributed by atoms with Crippen molar-refractivity contribution in [2.75, 3.05) is 10.6 Å². The van der Waals surface area contributed by atoms with Crippen molar-refractivity contribution in [1.82, 2.24) is 0 Å². The van der Waals surface area contributed by atoms with E-state index in [2.05, 4.69) is 26.6 Å². The van der Waals surface area contributed by atoms with Crippen LogP contribution < -0.4 is 10.6 Å². The highest BCUT2D eigenvalue weighted by atomic mass is 79.9. The Morgan fingerprint density at radius 1 is 1.42 bits per heavy atom. The molecule has 1 amide bonds. The standard InChI is InChI=1S/C13H12BrClN2OS/c1-8(18)17-12-3-2-9(6-11(12)15)16-7-13-10(14)4-5-19-13/h2-6,16H,7H2,1H3,(H,17,18). The molecule has 0 radical (unpaired) electrons. The highest BCUT2D eigenvalue weighted by Crippen LogP contribution is 2.27. The normalized spacial score (nSPS) is 10.3. The Bertz CT molecular complexity index is 600. The molecule has 2 aromatic rings. The first-order valence-electron chi connectivity index (χ1n) is 5.59. The molecule has 3 nitrogen and oxygen atoms in total. The number of anilines is 2. The first kappa shape index (κ1) is 14.4.